The number of halogens is 1. The van der Waals surface area contributed by atoms with Crippen LogP contribution in [0.15, 0.2) is 34.8 Å². The lowest BCUT2D eigenvalue weighted by molar-refractivity contribution is 0.0696. The van der Waals surface area contributed by atoms with E-state index in [4.69, 9.17) is 9.47 Å². The molecule has 0 aliphatic carbocycles. The minimum Gasteiger partial charge on any atom is -0.490 e. The highest BCUT2D eigenvalue weighted by Gasteiger charge is 2.14. The average molecular weight is 422 g/mol. The van der Waals surface area contributed by atoms with Crippen molar-refractivity contribution in [3.63, 3.8) is 0 Å². The quantitative estimate of drug-likeness (QED) is 0.608. The first kappa shape index (κ1) is 20.1. The largest absolute Gasteiger partial charge is 0.490 e. The second kappa shape index (κ2) is 8.94. The number of ether oxygens (including phenoxy) is 2. The predicted molar refractivity (Wildman–Crippen MR) is 107 cm³/mol. The van der Waals surface area contributed by atoms with Crippen molar-refractivity contribution in [2.24, 2.45) is 0 Å². The summed E-state index contributed by atoms with van der Waals surface area (Å²) >= 11 is 3.56. The van der Waals surface area contributed by atoms with Gasteiger partial charge < -0.3 is 19.9 Å². The lowest BCUT2D eigenvalue weighted by atomic mass is 10.1. The monoisotopic (exact) mass is 421 g/mol. The normalized spacial score (nSPS) is 10.7. The highest BCUT2D eigenvalue weighted by molar-refractivity contribution is 9.10. The number of carbonyl (C=O) groups is 1. The summed E-state index contributed by atoms with van der Waals surface area (Å²) in [6.07, 6.45) is 0.0379. The van der Waals surface area contributed by atoms with Crippen LogP contribution >= 0.6 is 15.9 Å². The fourth-order valence-corrected chi connectivity index (χ4v) is 3.18. The van der Waals surface area contributed by atoms with E-state index in [1.54, 1.807) is 19.1 Å². The number of hydrogen-bond donors (Lipinski definition) is 2. The number of anilines is 1. The second-order valence-electron chi connectivity index (χ2n) is 6.14. The maximum absolute atomic E-state index is 11.3. The van der Waals surface area contributed by atoms with Crippen molar-refractivity contribution in [1.82, 2.24) is 0 Å². The number of carboxylic acid groups (broad SMARTS) is 1. The SMILES string of the molecule is CCOc1cc(CNc2cccc(C(=O)O)c2C)cc(Br)c1OC(C)C. The Morgan fingerprint density at radius 2 is 2.04 bits per heavy atom. The summed E-state index contributed by atoms with van der Waals surface area (Å²) in [4.78, 5) is 11.3. The van der Waals surface area contributed by atoms with Gasteiger partial charge in [0.05, 0.1) is 22.7 Å². The summed E-state index contributed by atoms with van der Waals surface area (Å²) in [5, 5.41) is 12.5. The molecule has 0 spiro atoms. The zero-order valence-electron chi connectivity index (χ0n) is 15.4. The summed E-state index contributed by atoms with van der Waals surface area (Å²) in [6, 6.07) is 9.13. The van der Waals surface area contributed by atoms with Crippen LogP contribution in [0.5, 0.6) is 11.5 Å². The van der Waals surface area contributed by atoms with Gasteiger partial charge in [-0.25, -0.2) is 4.79 Å². The molecule has 0 amide bonds. The van der Waals surface area contributed by atoms with E-state index in [1.807, 2.05) is 39.0 Å². The molecule has 2 rings (SSSR count). The van der Waals surface area contributed by atoms with E-state index < -0.39 is 5.97 Å². The fraction of sp³-hybridized carbons (Fsp3) is 0.350. The van der Waals surface area contributed by atoms with E-state index in [0.717, 1.165) is 15.7 Å². The van der Waals surface area contributed by atoms with Crippen LogP contribution in [0.25, 0.3) is 0 Å². The predicted octanol–water partition coefficient (Wildman–Crippen LogP) is 5.25. The third-order valence-electron chi connectivity index (χ3n) is 3.77. The number of aromatic carboxylic acids is 1. The van der Waals surface area contributed by atoms with E-state index in [9.17, 15) is 9.90 Å². The van der Waals surface area contributed by atoms with Gasteiger partial charge in [-0.1, -0.05) is 6.07 Å². The lowest BCUT2D eigenvalue weighted by Gasteiger charge is -2.18. The molecule has 6 heteroatoms. The van der Waals surface area contributed by atoms with Crippen molar-refractivity contribution in [2.45, 2.75) is 40.3 Å². The highest BCUT2D eigenvalue weighted by atomic mass is 79.9. The Labute approximate surface area is 162 Å². The molecule has 2 N–H and O–H groups in total. The van der Waals surface area contributed by atoms with E-state index in [1.165, 1.54) is 0 Å². The van der Waals surface area contributed by atoms with Gasteiger partial charge in [0.15, 0.2) is 11.5 Å². The minimum atomic E-state index is -0.928. The van der Waals surface area contributed by atoms with Crippen LogP contribution in [0.2, 0.25) is 0 Å². The molecule has 0 bridgehead atoms. The first-order valence-electron chi connectivity index (χ1n) is 8.52. The molecule has 0 atom stereocenters. The molecule has 2 aromatic carbocycles. The van der Waals surface area contributed by atoms with Gasteiger partial charge in [-0.3, -0.25) is 0 Å². The molecule has 0 aromatic heterocycles. The standard InChI is InChI=1S/C20H24BrNO4/c1-5-25-18-10-14(9-16(21)19(18)26-12(2)3)11-22-17-8-6-7-15(13(17)4)20(23)24/h6-10,12,22H,5,11H2,1-4H3,(H,23,24). The van der Waals surface area contributed by atoms with Crippen molar-refractivity contribution >= 4 is 27.6 Å². The van der Waals surface area contributed by atoms with Crippen LogP contribution in [-0.4, -0.2) is 23.8 Å². The molecule has 0 saturated heterocycles. The Hall–Kier alpha value is -2.21. The molecule has 0 unspecified atom stereocenters. The average Bonchev–Trinajstić information content (AvgIpc) is 2.56. The van der Waals surface area contributed by atoms with Crippen LogP contribution in [0.4, 0.5) is 5.69 Å². The van der Waals surface area contributed by atoms with Gasteiger partial charge in [-0.2, -0.15) is 0 Å². The Morgan fingerprint density at radius 3 is 2.65 bits per heavy atom. The first-order chi connectivity index (χ1) is 12.3. The molecule has 2 aromatic rings. The zero-order valence-corrected chi connectivity index (χ0v) is 17.0. The third kappa shape index (κ3) is 4.91. The van der Waals surface area contributed by atoms with Gasteiger partial charge in [0.2, 0.25) is 0 Å². The number of rotatable bonds is 8. The molecule has 0 aliphatic heterocycles. The molecular weight excluding hydrogens is 398 g/mol. The van der Waals surface area contributed by atoms with Crippen LogP contribution in [0.1, 0.15) is 42.3 Å². The Morgan fingerprint density at radius 1 is 1.31 bits per heavy atom. The highest BCUT2D eigenvalue weighted by Crippen LogP contribution is 2.38. The second-order valence-corrected chi connectivity index (χ2v) is 7.00. The molecule has 0 fully saturated rings. The van der Waals surface area contributed by atoms with Crippen LogP contribution in [0.3, 0.4) is 0 Å². The van der Waals surface area contributed by atoms with Crippen LogP contribution < -0.4 is 14.8 Å². The van der Waals surface area contributed by atoms with Crippen LogP contribution in [-0.2, 0) is 6.54 Å². The molecule has 26 heavy (non-hydrogen) atoms. The number of benzene rings is 2. The topological polar surface area (TPSA) is 67.8 Å². The van der Waals surface area contributed by atoms with Crippen molar-refractivity contribution in [1.29, 1.82) is 0 Å². The molecule has 140 valence electrons. The van der Waals surface area contributed by atoms with E-state index in [-0.39, 0.29) is 6.10 Å². The summed E-state index contributed by atoms with van der Waals surface area (Å²) in [7, 11) is 0. The Balaban J connectivity index is 2.25. The summed E-state index contributed by atoms with van der Waals surface area (Å²) in [6.45, 7) is 8.74. The smallest absolute Gasteiger partial charge is 0.336 e. The molecule has 0 aliphatic rings. The molecule has 0 radical (unpaired) electrons. The van der Waals surface area contributed by atoms with E-state index >= 15 is 0 Å². The van der Waals surface area contributed by atoms with Gasteiger partial charge in [0.25, 0.3) is 0 Å². The van der Waals surface area contributed by atoms with Gasteiger partial charge in [0, 0.05) is 12.2 Å². The van der Waals surface area contributed by atoms with Gasteiger partial charge in [-0.15, -0.1) is 0 Å². The lowest BCUT2D eigenvalue weighted by Crippen LogP contribution is -2.09. The number of carboxylic acids is 1. The third-order valence-corrected chi connectivity index (χ3v) is 4.36. The minimum absolute atomic E-state index is 0.0379. The van der Waals surface area contributed by atoms with E-state index in [0.29, 0.717) is 35.8 Å². The fourth-order valence-electron chi connectivity index (χ4n) is 2.59. The molecule has 0 saturated carbocycles. The Kier molecular flexibility index (Phi) is 6.91. The van der Waals surface area contributed by atoms with Crippen molar-refractivity contribution in [2.75, 3.05) is 11.9 Å². The van der Waals surface area contributed by atoms with Crippen LogP contribution in [0, 0.1) is 6.92 Å². The summed E-state index contributed by atoms with van der Waals surface area (Å²) in [5.41, 5.74) is 2.80. The maximum Gasteiger partial charge on any atom is 0.336 e. The summed E-state index contributed by atoms with van der Waals surface area (Å²) < 4.78 is 12.4. The molecule has 0 heterocycles. The first-order valence-corrected chi connectivity index (χ1v) is 9.31. The summed E-state index contributed by atoms with van der Waals surface area (Å²) in [5.74, 6) is 0.445. The molecular formula is C20H24BrNO4. The van der Waals surface area contributed by atoms with Crippen molar-refractivity contribution in [3.8, 4) is 11.5 Å². The van der Waals surface area contributed by atoms with Crippen molar-refractivity contribution in [3.05, 3.63) is 51.5 Å². The van der Waals surface area contributed by atoms with Gasteiger partial charge in [-0.05, 0) is 79.0 Å². The van der Waals surface area contributed by atoms with Gasteiger partial charge in [0.1, 0.15) is 0 Å². The molecule has 5 nitrogen and oxygen atoms in total. The number of nitrogens with one attached hydrogen (secondary N) is 1. The number of hydrogen-bond acceptors (Lipinski definition) is 4. The van der Waals surface area contributed by atoms with Crippen molar-refractivity contribution < 1.29 is 19.4 Å². The van der Waals surface area contributed by atoms with E-state index in [2.05, 4.69) is 21.2 Å². The van der Waals surface area contributed by atoms with Gasteiger partial charge >= 0.3 is 5.97 Å². The Bertz CT molecular complexity index is 790. The maximum atomic E-state index is 11.3. The zero-order chi connectivity index (χ0) is 19.3.